The fourth-order valence-corrected chi connectivity index (χ4v) is 9.26. The number of rotatable bonds is 8. The Morgan fingerprint density at radius 1 is 0.312 bits per heavy atom. The molecule has 64 heavy (non-hydrogen) atoms. The molecule has 0 N–H and O–H groups in total. The van der Waals surface area contributed by atoms with Crippen molar-refractivity contribution in [1.82, 2.24) is 4.57 Å². The Morgan fingerprint density at radius 2 is 0.812 bits per heavy atom. The summed E-state index contributed by atoms with van der Waals surface area (Å²) in [6.45, 7) is 0. The summed E-state index contributed by atoms with van der Waals surface area (Å²) in [4.78, 5) is 2.19. The monoisotopic (exact) mass is 819 g/mol. The van der Waals surface area contributed by atoms with Crippen molar-refractivity contribution in [1.29, 1.82) is 0 Å². The molecule has 0 atom stereocenters. The Bertz CT molecular complexity index is 3890. The summed E-state index contributed by atoms with van der Waals surface area (Å²) in [6.07, 6.45) is 0. The van der Waals surface area contributed by atoms with Crippen LogP contribution in [-0.2, 0) is 0 Å². The first-order chi connectivity index (χ1) is 33.8. The van der Waals surface area contributed by atoms with Crippen LogP contribution < -0.4 is 4.90 Å². The molecule has 12 rings (SSSR count). The highest BCUT2D eigenvalue weighted by atomic mass is 15.1. The topological polar surface area (TPSA) is 8.17 Å². The van der Waals surface area contributed by atoms with Crippen molar-refractivity contribution in [2.75, 3.05) is 4.90 Å². The number of aromatic nitrogens is 1. The number of nitrogens with zero attached hydrogens (tertiary/aromatic N) is 2. The van der Waals surface area contributed by atoms with Gasteiger partial charge in [-0.1, -0.05) is 188 Å². The lowest BCUT2D eigenvalue weighted by atomic mass is 9.97. The molecule has 0 saturated heterocycles. The van der Waals surface area contributed by atoms with E-state index >= 15 is 0 Å². The van der Waals surface area contributed by atoms with Crippen LogP contribution in [0.25, 0.3) is 93.5 Å². The number of hydrogen-bond acceptors (Lipinski definition) is 1. The van der Waals surface area contributed by atoms with E-state index in [9.17, 15) is 0 Å². The van der Waals surface area contributed by atoms with Crippen LogP contribution in [0, 0.1) is 0 Å². The molecule has 2 heteroatoms. The van der Waals surface area contributed by atoms with Crippen molar-refractivity contribution in [3.63, 3.8) is 0 Å². The lowest BCUT2D eigenvalue weighted by molar-refractivity contribution is 1.19. The Balaban J connectivity index is 0.877. The molecule has 0 spiro atoms. The molecule has 0 amide bonds. The maximum atomic E-state index is 8.57. The van der Waals surface area contributed by atoms with Gasteiger partial charge in [0.25, 0.3) is 0 Å². The molecule has 12 aromatic rings. The highest BCUT2D eigenvalue weighted by molar-refractivity contribution is 6.19. The number of fused-ring (bicyclic) bond motifs is 6. The van der Waals surface area contributed by atoms with Gasteiger partial charge in [0, 0.05) is 38.9 Å². The van der Waals surface area contributed by atoms with E-state index in [1.165, 1.54) is 38.1 Å². The van der Waals surface area contributed by atoms with Crippen LogP contribution in [0.1, 0.15) is 6.85 Å². The van der Waals surface area contributed by atoms with Gasteiger partial charge in [-0.3, -0.25) is 0 Å². The molecule has 300 valence electrons. The summed E-state index contributed by atoms with van der Waals surface area (Å²) in [6, 6.07) is 77.4. The Hall–Kier alpha value is -8.46. The van der Waals surface area contributed by atoms with Gasteiger partial charge in [0.15, 0.2) is 0 Å². The lowest BCUT2D eigenvalue weighted by Gasteiger charge is -2.26. The maximum Gasteiger partial charge on any atom is 0.0629 e. The van der Waals surface area contributed by atoms with Crippen LogP contribution in [0.15, 0.2) is 255 Å². The van der Waals surface area contributed by atoms with E-state index in [-0.39, 0.29) is 29.7 Å². The molecule has 0 aliphatic carbocycles. The number of benzene rings is 11. The van der Waals surface area contributed by atoms with E-state index in [4.69, 9.17) is 6.85 Å². The number of anilines is 3. The standard InChI is InChI=1S/C62H42N2/c1-4-12-43(13-5-1)45-26-33-55(34-27-45)63(56-35-28-46(29-36-56)44-14-6-2-7-15-44)57-37-30-51-40-50(24-25-52(51)41-57)47-20-22-48(23-21-47)53-32-39-61-60(42-53)59-38-31-49-16-10-11-19-58(49)62(59)64(61)54-17-8-3-9-18-54/h1-42H/i1D,4D,5D,12D,13D. The zero-order chi connectivity index (χ0) is 46.8. The minimum absolute atomic E-state index is 0.182. The van der Waals surface area contributed by atoms with Gasteiger partial charge in [-0.15, -0.1) is 0 Å². The van der Waals surface area contributed by atoms with E-state index < -0.39 is 6.04 Å². The van der Waals surface area contributed by atoms with Crippen LogP contribution in [0.5, 0.6) is 0 Å². The van der Waals surface area contributed by atoms with Crippen LogP contribution >= 0.6 is 0 Å². The van der Waals surface area contributed by atoms with Crippen molar-refractivity contribution in [3.8, 4) is 50.2 Å². The van der Waals surface area contributed by atoms with Gasteiger partial charge in [0.1, 0.15) is 0 Å². The van der Waals surface area contributed by atoms with Gasteiger partial charge < -0.3 is 9.47 Å². The summed E-state index contributed by atoms with van der Waals surface area (Å²) in [5.41, 5.74) is 13.9. The Kier molecular flexibility index (Phi) is 7.96. The molecule has 0 aliphatic rings. The van der Waals surface area contributed by atoms with E-state index in [2.05, 4.69) is 191 Å². The number of para-hydroxylation sites is 1. The minimum atomic E-state index is -0.403. The first-order valence-corrected chi connectivity index (χ1v) is 21.6. The molecular formula is C62H42N2. The van der Waals surface area contributed by atoms with Crippen molar-refractivity contribution in [2.24, 2.45) is 0 Å². The molecule has 0 unspecified atom stereocenters. The van der Waals surface area contributed by atoms with Gasteiger partial charge in [0.05, 0.1) is 17.9 Å². The van der Waals surface area contributed by atoms with Gasteiger partial charge in [-0.2, -0.15) is 0 Å². The fourth-order valence-electron chi connectivity index (χ4n) is 9.26. The van der Waals surface area contributed by atoms with E-state index in [0.717, 1.165) is 61.3 Å². The highest BCUT2D eigenvalue weighted by Crippen LogP contribution is 2.41. The van der Waals surface area contributed by atoms with Gasteiger partial charge >= 0.3 is 0 Å². The third kappa shape index (κ3) is 6.70. The van der Waals surface area contributed by atoms with Crippen LogP contribution in [0.4, 0.5) is 17.1 Å². The van der Waals surface area contributed by atoms with E-state index in [0.29, 0.717) is 5.56 Å². The molecule has 11 aromatic carbocycles. The normalized spacial score (nSPS) is 12.5. The summed E-state index contributed by atoms with van der Waals surface area (Å²) >= 11 is 0. The van der Waals surface area contributed by atoms with E-state index in [1.54, 1.807) is 0 Å². The lowest BCUT2D eigenvalue weighted by Crippen LogP contribution is -2.09. The van der Waals surface area contributed by atoms with Crippen LogP contribution in [0.2, 0.25) is 0 Å². The molecule has 1 heterocycles. The molecular weight excluding hydrogens is 773 g/mol. The minimum Gasteiger partial charge on any atom is -0.310 e. The first-order valence-electron chi connectivity index (χ1n) is 24.1. The highest BCUT2D eigenvalue weighted by Gasteiger charge is 2.17. The Labute approximate surface area is 380 Å². The summed E-state index contributed by atoms with van der Waals surface area (Å²) < 4.78 is 44.1. The summed E-state index contributed by atoms with van der Waals surface area (Å²) in [5, 5.41) is 7.13. The van der Waals surface area contributed by atoms with Gasteiger partial charge in [0.2, 0.25) is 0 Å². The van der Waals surface area contributed by atoms with Gasteiger partial charge in [-0.25, -0.2) is 0 Å². The summed E-state index contributed by atoms with van der Waals surface area (Å²) in [7, 11) is 0. The zero-order valence-electron chi connectivity index (χ0n) is 39.8. The second-order valence-corrected chi connectivity index (χ2v) is 16.2. The largest absolute Gasteiger partial charge is 0.310 e. The molecule has 0 bridgehead atoms. The molecule has 1 aromatic heterocycles. The first kappa shape index (κ1) is 32.3. The molecule has 0 radical (unpaired) electrons. The quantitative estimate of drug-likeness (QED) is 0.148. The SMILES string of the molecule is [2H]c1c([2H])c([2H])c(-c2ccc(N(c3ccc(-c4ccccc4)cc3)c3ccc4cc(-c5ccc(-c6ccc7c(c6)c6ccc8ccccc8c6n7-c6ccccc6)cc5)ccc4c3)cc2)c([2H])c1[2H]. The van der Waals surface area contributed by atoms with Crippen molar-refractivity contribution in [2.45, 2.75) is 0 Å². The average Bonchev–Trinajstić information content (AvgIpc) is 3.75. The maximum absolute atomic E-state index is 8.57. The molecule has 0 fully saturated rings. The molecule has 0 aliphatic heterocycles. The molecule has 0 saturated carbocycles. The second-order valence-electron chi connectivity index (χ2n) is 16.2. The van der Waals surface area contributed by atoms with E-state index in [1.807, 2.05) is 42.5 Å². The van der Waals surface area contributed by atoms with Crippen molar-refractivity contribution < 1.29 is 6.85 Å². The van der Waals surface area contributed by atoms with Crippen LogP contribution in [-0.4, -0.2) is 4.57 Å². The predicted octanol–water partition coefficient (Wildman–Crippen LogP) is 17.2. The third-order valence-electron chi connectivity index (χ3n) is 12.4. The van der Waals surface area contributed by atoms with Crippen molar-refractivity contribution in [3.05, 3.63) is 255 Å². The second kappa shape index (κ2) is 15.8. The van der Waals surface area contributed by atoms with Gasteiger partial charge in [-0.05, 0) is 127 Å². The Morgan fingerprint density at radius 3 is 1.53 bits per heavy atom. The molecule has 2 nitrogen and oxygen atoms in total. The average molecular weight is 820 g/mol. The number of hydrogen-bond donors (Lipinski definition) is 0. The van der Waals surface area contributed by atoms with Crippen LogP contribution in [0.3, 0.4) is 0 Å². The zero-order valence-corrected chi connectivity index (χ0v) is 34.8. The predicted molar refractivity (Wildman–Crippen MR) is 272 cm³/mol. The smallest absolute Gasteiger partial charge is 0.0629 e. The van der Waals surface area contributed by atoms with Crippen molar-refractivity contribution >= 4 is 60.4 Å². The summed E-state index contributed by atoms with van der Waals surface area (Å²) in [5.74, 6) is 0. The fraction of sp³-hybridized carbons (Fsp3) is 0. The third-order valence-corrected chi connectivity index (χ3v) is 12.4.